The van der Waals surface area contributed by atoms with Gasteiger partial charge in [0.05, 0.1) is 13.2 Å². The number of hydrogen-bond donors (Lipinski definition) is 3. The third kappa shape index (κ3) is 5.88. The zero-order valence-electron chi connectivity index (χ0n) is 18.4. The van der Waals surface area contributed by atoms with Crippen LogP contribution in [0.4, 0.5) is 0 Å². The van der Waals surface area contributed by atoms with Gasteiger partial charge in [-0.2, -0.15) is 0 Å². The predicted molar refractivity (Wildman–Crippen MR) is 127 cm³/mol. The number of nitrogens with zero attached hydrogens (tertiary/aromatic N) is 1. The number of benzene rings is 2. The summed E-state index contributed by atoms with van der Waals surface area (Å²) in [4.78, 5) is 2.43. The van der Waals surface area contributed by atoms with Gasteiger partial charge in [0.1, 0.15) is 0 Å². The van der Waals surface area contributed by atoms with E-state index in [4.69, 9.17) is 16.7 Å². The highest BCUT2D eigenvalue weighted by atomic mass is 35.5. The standard InChI is InChI=1S/C26H33ClN2O2/c1-3-29-25(22-11-13-24(27)14-12-22)23(16-26(29,2)19-31)18-28-17-21-9-7-20(8-10-21)6-4-5-15-30/h7-14,23,25,28,30-31H,3,5,15-19H2,1-2H3/t23-,25+,26+/m1/s1. The van der Waals surface area contributed by atoms with Gasteiger partial charge in [-0.15, -0.1) is 0 Å². The van der Waals surface area contributed by atoms with Gasteiger partial charge < -0.3 is 15.5 Å². The Hall–Kier alpha value is -1.87. The van der Waals surface area contributed by atoms with Crippen LogP contribution in [-0.4, -0.2) is 47.0 Å². The first-order valence-electron chi connectivity index (χ1n) is 11.0. The fourth-order valence-corrected chi connectivity index (χ4v) is 4.87. The zero-order chi connectivity index (χ0) is 22.3. The molecule has 4 nitrogen and oxygen atoms in total. The molecule has 1 aliphatic rings. The van der Waals surface area contributed by atoms with E-state index in [0.29, 0.717) is 12.3 Å². The lowest BCUT2D eigenvalue weighted by molar-refractivity contribution is 0.0579. The molecule has 1 saturated heterocycles. The lowest BCUT2D eigenvalue weighted by atomic mass is 9.90. The molecular formula is C26H33ClN2O2. The maximum absolute atomic E-state index is 10.2. The fourth-order valence-electron chi connectivity index (χ4n) is 4.74. The molecule has 5 heteroatoms. The molecule has 0 radical (unpaired) electrons. The third-order valence-electron chi connectivity index (χ3n) is 6.23. The van der Waals surface area contributed by atoms with Gasteiger partial charge >= 0.3 is 0 Å². The summed E-state index contributed by atoms with van der Waals surface area (Å²) in [6, 6.07) is 16.6. The molecular weight excluding hydrogens is 408 g/mol. The molecule has 0 amide bonds. The molecule has 166 valence electrons. The summed E-state index contributed by atoms with van der Waals surface area (Å²) in [7, 11) is 0. The molecule has 0 saturated carbocycles. The molecule has 2 aromatic rings. The molecule has 3 rings (SSSR count). The van der Waals surface area contributed by atoms with Crippen LogP contribution in [-0.2, 0) is 6.54 Å². The molecule has 3 N–H and O–H groups in total. The first-order chi connectivity index (χ1) is 15.0. The number of aliphatic hydroxyl groups is 2. The summed E-state index contributed by atoms with van der Waals surface area (Å²) in [6.45, 7) is 7.12. The highest BCUT2D eigenvalue weighted by Crippen LogP contribution is 2.46. The number of nitrogens with one attached hydrogen (secondary N) is 1. The molecule has 0 bridgehead atoms. The Kier molecular flexibility index (Phi) is 8.54. The quantitative estimate of drug-likeness (QED) is 0.543. The summed E-state index contributed by atoms with van der Waals surface area (Å²) < 4.78 is 0. The van der Waals surface area contributed by atoms with Crippen LogP contribution in [0, 0.1) is 17.8 Å². The van der Waals surface area contributed by atoms with Crippen molar-refractivity contribution in [1.29, 1.82) is 0 Å². The summed E-state index contributed by atoms with van der Waals surface area (Å²) in [6.07, 6.45) is 1.44. The largest absolute Gasteiger partial charge is 0.395 e. The Bertz CT molecular complexity index is 888. The van der Waals surface area contributed by atoms with E-state index < -0.39 is 0 Å². The Balaban J connectivity index is 1.67. The first kappa shape index (κ1) is 23.8. The van der Waals surface area contributed by atoms with Crippen molar-refractivity contribution in [3.05, 3.63) is 70.2 Å². The van der Waals surface area contributed by atoms with Gasteiger partial charge in [0.15, 0.2) is 0 Å². The van der Waals surface area contributed by atoms with Crippen molar-refractivity contribution in [1.82, 2.24) is 10.2 Å². The number of halogens is 1. The highest BCUT2D eigenvalue weighted by Gasteiger charge is 2.47. The van der Waals surface area contributed by atoms with E-state index >= 15 is 0 Å². The fraction of sp³-hybridized carbons (Fsp3) is 0.462. The molecule has 0 aliphatic carbocycles. The van der Waals surface area contributed by atoms with Crippen LogP contribution in [0.5, 0.6) is 0 Å². The summed E-state index contributed by atoms with van der Waals surface area (Å²) >= 11 is 6.12. The molecule has 3 atom stereocenters. The van der Waals surface area contributed by atoms with Gasteiger partial charge in [-0.1, -0.05) is 54.6 Å². The van der Waals surface area contributed by atoms with Crippen LogP contribution < -0.4 is 5.32 Å². The van der Waals surface area contributed by atoms with Gasteiger partial charge in [-0.05, 0) is 61.2 Å². The summed E-state index contributed by atoms with van der Waals surface area (Å²) in [5.41, 5.74) is 3.21. The SMILES string of the molecule is CCN1[C@@H](c2ccc(Cl)cc2)[C@@H](CNCc2ccc(C#CCCO)cc2)C[C@@]1(C)CO. The normalized spacial score (nSPS) is 23.5. The number of likely N-dealkylation sites (N-methyl/N-ethyl adjacent to an activating group) is 1. The molecule has 1 fully saturated rings. The van der Waals surface area contributed by atoms with E-state index in [-0.39, 0.29) is 24.8 Å². The maximum atomic E-state index is 10.2. The zero-order valence-corrected chi connectivity index (χ0v) is 19.2. The highest BCUT2D eigenvalue weighted by molar-refractivity contribution is 6.30. The van der Waals surface area contributed by atoms with Crippen molar-refractivity contribution >= 4 is 11.6 Å². The van der Waals surface area contributed by atoms with Gasteiger partial charge in [-0.3, -0.25) is 4.90 Å². The molecule has 1 aliphatic heterocycles. The number of hydrogen-bond acceptors (Lipinski definition) is 4. The minimum Gasteiger partial charge on any atom is -0.395 e. The Morgan fingerprint density at radius 1 is 1.13 bits per heavy atom. The predicted octanol–water partition coefficient (Wildman–Crippen LogP) is 4.00. The second-order valence-electron chi connectivity index (χ2n) is 8.50. The van der Waals surface area contributed by atoms with Gasteiger partial charge in [0, 0.05) is 41.7 Å². The number of rotatable bonds is 8. The van der Waals surface area contributed by atoms with E-state index in [9.17, 15) is 5.11 Å². The van der Waals surface area contributed by atoms with Crippen LogP contribution in [0.1, 0.15) is 49.4 Å². The third-order valence-corrected chi connectivity index (χ3v) is 6.48. The van der Waals surface area contributed by atoms with Crippen molar-refractivity contribution in [2.45, 2.75) is 44.8 Å². The van der Waals surface area contributed by atoms with Crippen molar-refractivity contribution in [3.8, 4) is 11.8 Å². The molecule has 2 aromatic carbocycles. The topological polar surface area (TPSA) is 55.7 Å². The minimum absolute atomic E-state index is 0.0952. The monoisotopic (exact) mass is 440 g/mol. The Morgan fingerprint density at radius 2 is 1.84 bits per heavy atom. The van der Waals surface area contributed by atoms with Crippen LogP contribution in [0.25, 0.3) is 0 Å². The maximum Gasteiger partial charge on any atom is 0.0613 e. The molecule has 31 heavy (non-hydrogen) atoms. The minimum atomic E-state index is -0.222. The van der Waals surface area contributed by atoms with E-state index in [1.807, 2.05) is 24.3 Å². The van der Waals surface area contributed by atoms with Crippen molar-refractivity contribution in [2.24, 2.45) is 5.92 Å². The molecule has 0 unspecified atom stereocenters. The van der Waals surface area contributed by atoms with Crippen LogP contribution in [0.2, 0.25) is 5.02 Å². The van der Waals surface area contributed by atoms with Gasteiger partial charge in [0.2, 0.25) is 0 Å². The average Bonchev–Trinajstić information content (AvgIpc) is 3.07. The molecule has 0 spiro atoms. The molecule has 0 aromatic heterocycles. The Morgan fingerprint density at radius 3 is 2.45 bits per heavy atom. The van der Waals surface area contributed by atoms with Crippen molar-refractivity contribution in [2.75, 3.05) is 26.3 Å². The van der Waals surface area contributed by atoms with Crippen LogP contribution >= 0.6 is 11.6 Å². The lowest BCUT2D eigenvalue weighted by Gasteiger charge is -2.37. The van der Waals surface area contributed by atoms with Crippen LogP contribution in [0.3, 0.4) is 0 Å². The average molecular weight is 441 g/mol. The second-order valence-corrected chi connectivity index (χ2v) is 8.94. The number of aliphatic hydroxyl groups excluding tert-OH is 2. The van der Waals surface area contributed by atoms with E-state index in [1.54, 1.807) is 0 Å². The summed E-state index contributed by atoms with van der Waals surface area (Å²) in [5, 5.41) is 23.4. The van der Waals surface area contributed by atoms with E-state index in [1.165, 1.54) is 11.1 Å². The van der Waals surface area contributed by atoms with E-state index in [0.717, 1.165) is 36.6 Å². The molecule has 1 heterocycles. The smallest absolute Gasteiger partial charge is 0.0613 e. The van der Waals surface area contributed by atoms with Crippen molar-refractivity contribution in [3.63, 3.8) is 0 Å². The van der Waals surface area contributed by atoms with Crippen LogP contribution in [0.15, 0.2) is 48.5 Å². The summed E-state index contributed by atoms with van der Waals surface area (Å²) in [5.74, 6) is 6.40. The second kappa shape index (κ2) is 11.1. The Labute approximate surface area is 191 Å². The lowest BCUT2D eigenvalue weighted by Crippen LogP contribution is -2.45. The number of likely N-dealkylation sites (tertiary alicyclic amines) is 1. The van der Waals surface area contributed by atoms with Gasteiger partial charge in [-0.25, -0.2) is 0 Å². The van der Waals surface area contributed by atoms with Gasteiger partial charge in [0.25, 0.3) is 0 Å². The first-order valence-corrected chi connectivity index (χ1v) is 11.4. The van der Waals surface area contributed by atoms with Crippen molar-refractivity contribution < 1.29 is 10.2 Å². The van der Waals surface area contributed by atoms with E-state index in [2.05, 4.69) is 60.2 Å².